The molecule has 6 nitrogen and oxygen atoms in total. The summed E-state index contributed by atoms with van der Waals surface area (Å²) in [6.45, 7) is 0. The van der Waals surface area contributed by atoms with Crippen LogP contribution in [0.3, 0.4) is 0 Å². The Morgan fingerprint density at radius 1 is 1.10 bits per heavy atom. The molecule has 0 aliphatic rings. The Labute approximate surface area is 182 Å². The lowest BCUT2D eigenvalue weighted by Crippen LogP contribution is -2.14. The molecule has 0 spiro atoms. The number of amides is 1. The molecule has 0 fully saturated rings. The molecule has 3 rings (SSSR count). The SMILES string of the molecule is COc1cc(NC(=O)CSc2nc(-c3ccc(Cl)cc3)cs2)cc(OC)c1OC. The number of nitrogens with zero attached hydrogens (tertiary/aromatic N) is 1. The third kappa shape index (κ3) is 5.35. The molecule has 0 aliphatic carbocycles. The van der Waals surface area contributed by atoms with Gasteiger partial charge in [-0.25, -0.2) is 4.98 Å². The first-order valence-corrected chi connectivity index (χ1v) is 10.7. The van der Waals surface area contributed by atoms with Crippen molar-refractivity contribution in [1.82, 2.24) is 4.98 Å². The number of halogens is 1. The van der Waals surface area contributed by atoms with E-state index in [1.54, 1.807) is 12.1 Å². The van der Waals surface area contributed by atoms with Gasteiger partial charge in [0, 0.05) is 33.8 Å². The fraction of sp³-hybridized carbons (Fsp3) is 0.200. The highest BCUT2D eigenvalue weighted by atomic mass is 35.5. The van der Waals surface area contributed by atoms with E-state index in [9.17, 15) is 4.79 Å². The third-order valence-corrected chi connectivity index (χ3v) is 6.17. The van der Waals surface area contributed by atoms with Crippen LogP contribution in [0.5, 0.6) is 17.2 Å². The molecule has 1 aromatic heterocycles. The topological polar surface area (TPSA) is 69.7 Å². The van der Waals surface area contributed by atoms with E-state index in [1.165, 1.54) is 44.4 Å². The first-order chi connectivity index (χ1) is 14.0. The van der Waals surface area contributed by atoms with Gasteiger partial charge in [0.25, 0.3) is 0 Å². The number of hydrogen-bond acceptors (Lipinski definition) is 7. The third-order valence-electron chi connectivity index (χ3n) is 3.90. The minimum absolute atomic E-state index is 0.160. The molecule has 0 radical (unpaired) electrons. The average Bonchev–Trinajstić information content (AvgIpc) is 3.21. The number of methoxy groups -OCH3 is 3. The van der Waals surface area contributed by atoms with E-state index < -0.39 is 0 Å². The molecule has 3 aromatic rings. The zero-order valence-electron chi connectivity index (χ0n) is 16.0. The van der Waals surface area contributed by atoms with Crippen molar-refractivity contribution in [2.75, 3.05) is 32.4 Å². The zero-order valence-corrected chi connectivity index (χ0v) is 18.4. The second kappa shape index (κ2) is 9.87. The fourth-order valence-electron chi connectivity index (χ4n) is 2.55. The maximum atomic E-state index is 12.4. The summed E-state index contributed by atoms with van der Waals surface area (Å²) in [4.78, 5) is 16.9. The molecule has 29 heavy (non-hydrogen) atoms. The monoisotopic (exact) mass is 450 g/mol. The zero-order chi connectivity index (χ0) is 20.8. The van der Waals surface area contributed by atoms with Crippen LogP contribution in [0.4, 0.5) is 5.69 Å². The second-order valence-corrected chi connectivity index (χ2v) is 8.27. The summed E-state index contributed by atoms with van der Waals surface area (Å²) < 4.78 is 16.7. The number of thioether (sulfide) groups is 1. The Morgan fingerprint density at radius 2 is 1.76 bits per heavy atom. The normalized spacial score (nSPS) is 10.5. The van der Waals surface area contributed by atoms with E-state index in [4.69, 9.17) is 25.8 Å². The molecular weight excluding hydrogens is 432 g/mol. The number of thiazole rings is 1. The smallest absolute Gasteiger partial charge is 0.234 e. The number of rotatable bonds is 8. The van der Waals surface area contributed by atoms with Gasteiger partial charge in [0.2, 0.25) is 11.7 Å². The summed E-state index contributed by atoms with van der Waals surface area (Å²) in [5.74, 6) is 1.49. The van der Waals surface area contributed by atoms with Crippen molar-refractivity contribution in [2.45, 2.75) is 4.34 Å². The molecule has 1 heterocycles. The van der Waals surface area contributed by atoms with Crippen LogP contribution in [-0.4, -0.2) is 38.0 Å². The molecule has 0 saturated heterocycles. The average molecular weight is 451 g/mol. The summed E-state index contributed by atoms with van der Waals surface area (Å²) in [6, 6.07) is 10.9. The molecule has 0 aliphatic heterocycles. The van der Waals surface area contributed by atoms with Crippen LogP contribution < -0.4 is 19.5 Å². The fourth-order valence-corrected chi connectivity index (χ4v) is 4.32. The van der Waals surface area contributed by atoms with Crippen molar-refractivity contribution in [3.8, 4) is 28.5 Å². The Balaban J connectivity index is 1.62. The maximum absolute atomic E-state index is 12.4. The van der Waals surface area contributed by atoms with E-state index in [1.807, 2.05) is 29.6 Å². The summed E-state index contributed by atoms with van der Waals surface area (Å²) in [7, 11) is 4.58. The van der Waals surface area contributed by atoms with E-state index in [2.05, 4.69) is 10.3 Å². The molecule has 2 aromatic carbocycles. The second-order valence-electron chi connectivity index (χ2n) is 5.76. The number of carbonyl (C=O) groups excluding carboxylic acids is 1. The summed E-state index contributed by atoms with van der Waals surface area (Å²) in [5.41, 5.74) is 2.41. The molecule has 9 heteroatoms. The molecule has 0 atom stereocenters. The minimum Gasteiger partial charge on any atom is -0.493 e. The highest BCUT2D eigenvalue weighted by Crippen LogP contribution is 2.40. The van der Waals surface area contributed by atoms with Crippen LogP contribution in [0.25, 0.3) is 11.3 Å². The number of carbonyl (C=O) groups is 1. The maximum Gasteiger partial charge on any atom is 0.234 e. The van der Waals surface area contributed by atoms with Crippen LogP contribution in [0, 0.1) is 0 Å². The van der Waals surface area contributed by atoms with Gasteiger partial charge in [-0.3, -0.25) is 4.79 Å². The van der Waals surface area contributed by atoms with Gasteiger partial charge in [0.15, 0.2) is 15.8 Å². The lowest BCUT2D eigenvalue weighted by atomic mass is 10.2. The molecule has 0 bridgehead atoms. The Hall–Kier alpha value is -2.42. The molecule has 1 amide bonds. The van der Waals surface area contributed by atoms with Crippen LogP contribution in [0.2, 0.25) is 5.02 Å². The van der Waals surface area contributed by atoms with Crippen molar-refractivity contribution >= 4 is 46.3 Å². The predicted octanol–water partition coefficient (Wildman–Crippen LogP) is 5.22. The van der Waals surface area contributed by atoms with Gasteiger partial charge < -0.3 is 19.5 Å². The Morgan fingerprint density at radius 3 is 2.34 bits per heavy atom. The molecular formula is C20H19ClN2O4S2. The Kier molecular flexibility index (Phi) is 7.24. The largest absolute Gasteiger partial charge is 0.493 e. The van der Waals surface area contributed by atoms with E-state index in [0.717, 1.165) is 15.6 Å². The van der Waals surface area contributed by atoms with Crippen molar-refractivity contribution in [2.24, 2.45) is 0 Å². The van der Waals surface area contributed by atoms with Gasteiger partial charge in [0.1, 0.15) is 0 Å². The van der Waals surface area contributed by atoms with Gasteiger partial charge in [-0.1, -0.05) is 35.5 Å². The van der Waals surface area contributed by atoms with Crippen LogP contribution in [0.1, 0.15) is 0 Å². The van der Waals surface area contributed by atoms with Gasteiger partial charge in [0.05, 0.1) is 32.8 Å². The molecule has 0 unspecified atom stereocenters. The number of nitrogens with one attached hydrogen (secondary N) is 1. The molecule has 1 N–H and O–H groups in total. The van der Waals surface area contributed by atoms with Crippen LogP contribution in [0.15, 0.2) is 46.1 Å². The predicted molar refractivity (Wildman–Crippen MR) is 118 cm³/mol. The van der Waals surface area contributed by atoms with Gasteiger partial charge in [-0.05, 0) is 12.1 Å². The summed E-state index contributed by atoms with van der Waals surface area (Å²) in [6.07, 6.45) is 0. The van der Waals surface area contributed by atoms with Crippen molar-refractivity contribution in [3.05, 3.63) is 46.8 Å². The summed E-state index contributed by atoms with van der Waals surface area (Å²) in [5, 5.41) is 5.49. The van der Waals surface area contributed by atoms with Crippen molar-refractivity contribution < 1.29 is 19.0 Å². The Bertz CT molecular complexity index is 967. The van der Waals surface area contributed by atoms with Gasteiger partial charge in [-0.15, -0.1) is 11.3 Å². The van der Waals surface area contributed by atoms with Gasteiger partial charge in [-0.2, -0.15) is 0 Å². The van der Waals surface area contributed by atoms with E-state index in [-0.39, 0.29) is 11.7 Å². The van der Waals surface area contributed by atoms with Crippen LogP contribution in [-0.2, 0) is 4.79 Å². The number of anilines is 1. The summed E-state index contributed by atoms with van der Waals surface area (Å²) >= 11 is 8.79. The lowest BCUT2D eigenvalue weighted by Gasteiger charge is -2.14. The highest BCUT2D eigenvalue weighted by Gasteiger charge is 2.15. The standard InChI is InChI=1S/C20H19ClN2O4S2/c1-25-16-8-14(9-17(26-2)19(16)27-3)22-18(24)11-29-20-23-15(10-28-20)12-4-6-13(21)7-5-12/h4-10H,11H2,1-3H3,(H,22,24). The molecule has 152 valence electrons. The van der Waals surface area contributed by atoms with E-state index >= 15 is 0 Å². The van der Waals surface area contributed by atoms with Crippen molar-refractivity contribution in [3.63, 3.8) is 0 Å². The highest BCUT2D eigenvalue weighted by molar-refractivity contribution is 8.01. The number of hydrogen-bond donors (Lipinski definition) is 1. The number of ether oxygens (including phenoxy) is 3. The van der Waals surface area contributed by atoms with E-state index in [0.29, 0.717) is 28.0 Å². The molecule has 0 saturated carbocycles. The van der Waals surface area contributed by atoms with Gasteiger partial charge >= 0.3 is 0 Å². The lowest BCUT2D eigenvalue weighted by molar-refractivity contribution is -0.113. The number of aromatic nitrogens is 1. The quantitative estimate of drug-likeness (QED) is 0.474. The van der Waals surface area contributed by atoms with Crippen LogP contribution >= 0.6 is 34.7 Å². The first-order valence-electron chi connectivity index (χ1n) is 8.48. The number of benzene rings is 2. The minimum atomic E-state index is -0.160. The first kappa shape index (κ1) is 21.3. The van der Waals surface area contributed by atoms with Crippen molar-refractivity contribution in [1.29, 1.82) is 0 Å².